The van der Waals surface area contributed by atoms with E-state index in [1.807, 2.05) is 0 Å². The minimum absolute atomic E-state index is 0.201. The summed E-state index contributed by atoms with van der Waals surface area (Å²) in [5, 5.41) is 13.4. The molecule has 0 radical (unpaired) electrons. The Morgan fingerprint density at radius 3 is 2.79 bits per heavy atom. The number of aromatic nitrogens is 2. The molecule has 0 aliphatic rings. The number of para-hydroxylation sites is 2. The number of carboxylic acids is 1. The van der Waals surface area contributed by atoms with Gasteiger partial charge in [0.15, 0.2) is 6.61 Å². The quantitative estimate of drug-likeness (QED) is 0.354. The fourth-order valence-electron chi connectivity index (χ4n) is 2.57. The molecule has 0 bridgehead atoms. The van der Waals surface area contributed by atoms with Gasteiger partial charge >= 0.3 is 5.97 Å². The summed E-state index contributed by atoms with van der Waals surface area (Å²) in [5.74, 6) is -0.423. The van der Waals surface area contributed by atoms with Crippen molar-refractivity contribution in [3.63, 3.8) is 0 Å². The van der Waals surface area contributed by atoms with E-state index in [-0.39, 0.29) is 18.1 Å². The van der Waals surface area contributed by atoms with Crippen molar-refractivity contribution in [1.82, 2.24) is 9.55 Å². The van der Waals surface area contributed by atoms with E-state index in [1.165, 1.54) is 10.8 Å². The minimum atomic E-state index is -1.07. The largest absolute Gasteiger partial charge is 0.481 e. The lowest BCUT2D eigenvalue weighted by Crippen LogP contribution is -2.23. The highest BCUT2D eigenvalue weighted by molar-refractivity contribution is 5.84. The van der Waals surface area contributed by atoms with Gasteiger partial charge in [-0.05, 0) is 24.3 Å². The van der Waals surface area contributed by atoms with Gasteiger partial charge in [0.05, 0.1) is 17.1 Å². The molecule has 8 heteroatoms. The second-order valence-electron chi connectivity index (χ2n) is 5.75. The first kappa shape index (κ1) is 18.8. The number of rotatable bonds is 8. The number of hydrogen-bond donors (Lipinski definition) is 2. The third-order valence-electron chi connectivity index (χ3n) is 3.81. The number of nitrogens with one attached hydrogen (secondary N) is 1. The van der Waals surface area contributed by atoms with Crippen LogP contribution in [0.5, 0.6) is 5.75 Å². The summed E-state index contributed by atoms with van der Waals surface area (Å²) in [6.45, 7) is 3.49. The molecule has 0 atom stereocenters. The van der Waals surface area contributed by atoms with Crippen LogP contribution in [-0.4, -0.2) is 33.4 Å². The number of hydrazone groups is 1. The van der Waals surface area contributed by atoms with Gasteiger partial charge in [0.2, 0.25) is 5.95 Å². The number of hydrogen-bond acceptors (Lipinski definition) is 6. The second kappa shape index (κ2) is 8.63. The number of carboxylic acid groups (broad SMARTS) is 1. The van der Waals surface area contributed by atoms with Crippen molar-refractivity contribution in [3.05, 3.63) is 77.1 Å². The number of allylic oxidation sites excluding steroid dienone is 1. The second-order valence-corrected chi connectivity index (χ2v) is 5.75. The van der Waals surface area contributed by atoms with E-state index < -0.39 is 12.6 Å². The maximum atomic E-state index is 12.7. The van der Waals surface area contributed by atoms with Crippen molar-refractivity contribution in [1.29, 1.82) is 0 Å². The fourth-order valence-corrected chi connectivity index (χ4v) is 2.57. The average Bonchev–Trinajstić information content (AvgIpc) is 2.70. The first-order valence-electron chi connectivity index (χ1n) is 8.43. The Bertz CT molecular complexity index is 1100. The van der Waals surface area contributed by atoms with Crippen molar-refractivity contribution in [2.45, 2.75) is 6.54 Å². The lowest BCUT2D eigenvalue weighted by molar-refractivity contribution is -0.139. The molecule has 0 saturated heterocycles. The van der Waals surface area contributed by atoms with Crippen LogP contribution in [0.25, 0.3) is 10.9 Å². The predicted molar refractivity (Wildman–Crippen MR) is 107 cm³/mol. The minimum Gasteiger partial charge on any atom is -0.481 e. The first-order valence-corrected chi connectivity index (χ1v) is 8.43. The molecule has 0 spiro atoms. The molecule has 0 fully saturated rings. The first-order chi connectivity index (χ1) is 13.6. The van der Waals surface area contributed by atoms with Crippen molar-refractivity contribution in [2.75, 3.05) is 12.0 Å². The third kappa shape index (κ3) is 4.24. The van der Waals surface area contributed by atoms with Crippen LogP contribution in [-0.2, 0) is 11.3 Å². The van der Waals surface area contributed by atoms with Crippen LogP contribution in [0.3, 0.4) is 0 Å². The maximum Gasteiger partial charge on any atom is 0.341 e. The van der Waals surface area contributed by atoms with Crippen LogP contribution in [0.4, 0.5) is 5.95 Å². The van der Waals surface area contributed by atoms with E-state index in [4.69, 9.17) is 9.84 Å². The summed E-state index contributed by atoms with van der Waals surface area (Å²) in [7, 11) is 0. The summed E-state index contributed by atoms with van der Waals surface area (Å²) in [4.78, 5) is 27.8. The Morgan fingerprint density at radius 1 is 1.25 bits per heavy atom. The summed E-state index contributed by atoms with van der Waals surface area (Å²) >= 11 is 0. The molecule has 0 unspecified atom stereocenters. The van der Waals surface area contributed by atoms with E-state index in [0.717, 1.165) is 0 Å². The average molecular weight is 378 g/mol. The molecule has 2 N–H and O–H groups in total. The molecule has 0 aliphatic carbocycles. The zero-order valence-electron chi connectivity index (χ0n) is 14.9. The number of aliphatic carboxylic acids is 1. The van der Waals surface area contributed by atoms with Gasteiger partial charge in [-0.25, -0.2) is 15.2 Å². The fraction of sp³-hybridized carbons (Fsp3) is 0.100. The number of carbonyl (C=O) groups is 1. The predicted octanol–water partition coefficient (Wildman–Crippen LogP) is 2.49. The number of benzene rings is 2. The highest BCUT2D eigenvalue weighted by Gasteiger charge is 2.09. The molecule has 0 amide bonds. The van der Waals surface area contributed by atoms with Gasteiger partial charge in [-0.15, -0.1) is 6.58 Å². The molecule has 8 nitrogen and oxygen atoms in total. The zero-order valence-corrected chi connectivity index (χ0v) is 14.9. The van der Waals surface area contributed by atoms with Gasteiger partial charge in [-0.1, -0.05) is 30.3 Å². The Kier molecular flexibility index (Phi) is 5.81. The van der Waals surface area contributed by atoms with Crippen LogP contribution < -0.4 is 15.7 Å². The molecule has 3 aromatic rings. The molecule has 142 valence electrons. The Balaban J connectivity index is 1.89. The van der Waals surface area contributed by atoms with Gasteiger partial charge < -0.3 is 9.84 Å². The number of nitrogens with zero attached hydrogens (tertiary/aromatic N) is 3. The van der Waals surface area contributed by atoms with E-state index in [1.54, 1.807) is 54.6 Å². The Morgan fingerprint density at radius 2 is 2.00 bits per heavy atom. The van der Waals surface area contributed by atoms with Gasteiger partial charge in [0.1, 0.15) is 5.75 Å². The molecule has 2 aromatic carbocycles. The zero-order chi connectivity index (χ0) is 19.9. The van der Waals surface area contributed by atoms with Gasteiger partial charge in [0.25, 0.3) is 5.56 Å². The molecule has 1 heterocycles. The molecule has 1 aromatic heterocycles. The van der Waals surface area contributed by atoms with Crippen LogP contribution in [0.15, 0.2) is 71.1 Å². The van der Waals surface area contributed by atoms with E-state index >= 15 is 0 Å². The number of ether oxygens (including phenoxy) is 1. The van der Waals surface area contributed by atoms with Crippen LogP contribution in [0.1, 0.15) is 5.56 Å². The highest BCUT2D eigenvalue weighted by Crippen LogP contribution is 2.16. The maximum absolute atomic E-state index is 12.7. The van der Waals surface area contributed by atoms with Crippen LogP contribution >= 0.6 is 0 Å². The van der Waals surface area contributed by atoms with Crippen molar-refractivity contribution in [2.24, 2.45) is 5.10 Å². The lowest BCUT2D eigenvalue weighted by atomic mass is 10.2. The molecule has 0 saturated carbocycles. The lowest BCUT2D eigenvalue weighted by Gasteiger charge is -2.11. The van der Waals surface area contributed by atoms with Gasteiger partial charge in [0, 0.05) is 12.1 Å². The molecule has 3 rings (SSSR count). The summed E-state index contributed by atoms with van der Waals surface area (Å²) in [6.07, 6.45) is 3.07. The van der Waals surface area contributed by atoms with Crippen molar-refractivity contribution in [3.8, 4) is 5.75 Å². The van der Waals surface area contributed by atoms with Gasteiger partial charge in [-0.2, -0.15) is 5.10 Å². The molecular weight excluding hydrogens is 360 g/mol. The summed E-state index contributed by atoms with van der Waals surface area (Å²) in [6, 6.07) is 13.9. The van der Waals surface area contributed by atoms with E-state index in [0.29, 0.717) is 22.2 Å². The smallest absolute Gasteiger partial charge is 0.341 e. The topological polar surface area (TPSA) is 106 Å². The van der Waals surface area contributed by atoms with Crippen LogP contribution in [0.2, 0.25) is 0 Å². The SMILES string of the molecule is C=CCn1c(N/N=C\c2ccccc2OCC(=O)O)nc2ccccc2c1=O. The Hall–Kier alpha value is -3.94. The normalized spacial score (nSPS) is 10.9. The van der Waals surface area contributed by atoms with Crippen molar-refractivity contribution < 1.29 is 14.6 Å². The molecule has 28 heavy (non-hydrogen) atoms. The number of fused-ring (bicyclic) bond motifs is 1. The third-order valence-corrected chi connectivity index (χ3v) is 3.81. The monoisotopic (exact) mass is 378 g/mol. The molecule has 0 aliphatic heterocycles. The Labute approximate surface area is 160 Å². The van der Waals surface area contributed by atoms with E-state index in [2.05, 4.69) is 22.1 Å². The standard InChI is InChI=1S/C20H18N4O4/c1-2-11-24-19(27)15-8-4-5-9-16(15)22-20(24)23-21-12-14-7-3-6-10-17(14)28-13-18(25)26/h2-10,12H,1,11,13H2,(H,22,23)(H,25,26)/b21-12-. The summed E-state index contributed by atoms with van der Waals surface area (Å²) < 4.78 is 6.67. The highest BCUT2D eigenvalue weighted by atomic mass is 16.5. The van der Waals surface area contributed by atoms with E-state index in [9.17, 15) is 9.59 Å². The summed E-state index contributed by atoms with van der Waals surface area (Å²) in [5.41, 5.74) is 3.70. The van der Waals surface area contributed by atoms with Gasteiger partial charge in [-0.3, -0.25) is 9.36 Å². The van der Waals surface area contributed by atoms with Crippen LogP contribution in [0, 0.1) is 0 Å². The number of anilines is 1. The molecular formula is C20H18N4O4. The van der Waals surface area contributed by atoms with Crippen molar-refractivity contribution >= 4 is 29.0 Å².